The number of hydrogen-bond acceptors (Lipinski definition) is 13. The van der Waals surface area contributed by atoms with Gasteiger partial charge in [0, 0.05) is 92.9 Å². The van der Waals surface area contributed by atoms with Crippen LogP contribution < -0.4 is 20.3 Å². The van der Waals surface area contributed by atoms with E-state index in [1.807, 2.05) is 93.4 Å². The van der Waals surface area contributed by atoms with E-state index < -0.39 is 81.1 Å². The lowest BCUT2D eigenvalue weighted by Crippen LogP contribution is -2.59. The largest absolute Gasteiger partial charge is 0.391 e. The number of pyridine rings is 1. The van der Waals surface area contributed by atoms with E-state index in [1.54, 1.807) is 23.6 Å². The van der Waals surface area contributed by atoms with Gasteiger partial charge in [-0.2, -0.15) is 12.7 Å². The van der Waals surface area contributed by atoms with Crippen LogP contribution in [0.15, 0.2) is 84.6 Å². The van der Waals surface area contributed by atoms with Crippen LogP contribution in [0.4, 0.5) is 24.5 Å². The van der Waals surface area contributed by atoms with Crippen LogP contribution in [0.1, 0.15) is 99.9 Å². The summed E-state index contributed by atoms with van der Waals surface area (Å²) in [7, 11) is -4.38. The first-order valence-electron chi connectivity index (χ1n) is 28.9. The summed E-state index contributed by atoms with van der Waals surface area (Å²) in [4.78, 5) is 77.2. The molecule has 3 amide bonds. The van der Waals surface area contributed by atoms with Crippen LogP contribution in [-0.2, 0) is 24.6 Å². The smallest absolute Gasteiger partial charge is 0.301 e. The topological polar surface area (TPSA) is 217 Å². The summed E-state index contributed by atoms with van der Waals surface area (Å²) in [5.41, 5.74) is 5.23. The fourth-order valence-electron chi connectivity index (χ4n) is 12.1. The van der Waals surface area contributed by atoms with Crippen molar-refractivity contribution in [1.29, 1.82) is 0 Å². The summed E-state index contributed by atoms with van der Waals surface area (Å²) in [5.74, 6) is -4.15. The number of aryl methyl sites for hydroxylation is 1. The number of rotatable bonds is 18. The molecule has 0 radical (unpaired) electrons. The molecule has 18 nitrogen and oxygen atoms in total. The minimum atomic E-state index is -4.38. The Morgan fingerprint density at radius 2 is 1.61 bits per heavy atom. The highest BCUT2D eigenvalue weighted by atomic mass is 32.2. The van der Waals surface area contributed by atoms with E-state index in [0.717, 1.165) is 108 Å². The number of aromatic nitrogens is 3. The number of likely N-dealkylation sites (tertiary alicyclic amines) is 2. The van der Waals surface area contributed by atoms with Crippen LogP contribution in [0.25, 0.3) is 32.6 Å². The number of carbonyl (C=O) groups is 4. The highest BCUT2D eigenvalue weighted by Crippen LogP contribution is 2.34. The fourth-order valence-corrected chi connectivity index (χ4v) is 14.2. The Labute approximate surface area is 492 Å². The van der Waals surface area contributed by atoms with Crippen molar-refractivity contribution in [3.8, 4) is 21.6 Å². The molecule has 3 aromatic carbocycles. The van der Waals surface area contributed by atoms with Gasteiger partial charge in [-0.05, 0) is 111 Å². The molecule has 5 N–H and O–H groups in total. The van der Waals surface area contributed by atoms with Gasteiger partial charge in [0.05, 0.1) is 46.0 Å². The molecule has 4 aliphatic rings. The summed E-state index contributed by atoms with van der Waals surface area (Å²) in [6, 6.07) is 17.6. The summed E-state index contributed by atoms with van der Waals surface area (Å²) in [6.45, 7) is 16.3. The number of amides is 3. The van der Waals surface area contributed by atoms with Crippen LogP contribution in [-0.4, -0.2) is 167 Å². The van der Waals surface area contributed by atoms with E-state index in [1.165, 1.54) is 11.1 Å². The molecule has 448 valence electrons. The number of thiazole rings is 1. The van der Waals surface area contributed by atoms with Gasteiger partial charge in [-0.1, -0.05) is 64.1 Å². The number of piperidine rings is 1. The van der Waals surface area contributed by atoms with Crippen molar-refractivity contribution >= 4 is 67.5 Å². The number of piperazine rings is 1. The predicted octanol–water partition coefficient (Wildman–Crippen LogP) is 7.85. The molecule has 0 saturated carbocycles. The number of halogens is 3. The molecule has 4 aliphatic heterocycles. The van der Waals surface area contributed by atoms with E-state index >= 15 is 8.78 Å². The monoisotopic (exact) mass is 1190 g/mol. The molecule has 23 heteroatoms. The summed E-state index contributed by atoms with van der Waals surface area (Å²) < 4.78 is 73.6. The number of benzene rings is 3. The maximum absolute atomic E-state index is 15.9. The van der Waals surface area contributed by atoms with Gasteiger partial charge in [0.1, 0.15) is 29.7 Å². The number of ketones is 1. The molecule has 10 rings (SSSR count). The minimum Gasteiger partial charge on any atom is -0.391 e. The average Bonchev–Trinajstić information content (AvgIpc) is 2.42. The van der Waals surface area contributed by atoms with Crippen molar-refractivity contribution in [2.45, 2.75) is 110 Å². The third kappa shape index (κ3) is 13.2. The van der Waals surface area contributed by atoms with E-state index in [2.05, 4.69) is 47.2 Å². The number of H-pyrrole nitrogens is 1. The van der Waals surface area contributed by atoms with Crippen molar-refractivity contribution in [2.75, 3.05) is 75.1 Å². The molecule has 0 unspecified atom stereocenters. The number of aliphatic hydroxyl groups excluding tert-OH is 1. The zero-order valence-corrected chi connectivity index (χ0v) is 49.8. The second kappa shape index (κ2) is 25.1. The van der Waals surface area contributed by atoms with E-state index in [-0.39, 0.29) is 55.9 Å². The lowest BCUT2D eigenvalue weighted by atomic mass is 9.85. The van der Waals surface area contributed by atoms with Crippen molar-refractivity contribution in [3.63, 3.8) is 0 Å². The van der Waals surface area contributed by atoms with Crippen LogP contribution >= 0.6 is 11.3 Å². The lowest BCUT2D eigenvalue weighted by molar-refractivity contribution is -0.144. The molecule has 4 saturated heterocycles. The van der Waals surface area contributed by atoms with Crippen LogP contribution in [0.2, 0.25) is 0 Å². The van der Waals surface area contributed by atoms with Crippen LogP contribution in [0.3, 0.4) is 0 Å². The Bertz CT molecular complexity index is 3500. The number of nitrogens with one attached hydrogen (secondary N) is 4. The first-order valence-corrected chi connectivity index (χ1v) is 31.2. The third-order valence-electron chi connectivity index (χ3n) is 17.0. The van der Waals surface area contributed by atoms with Crippen molar-refractivity contribution in [3.05, 3.63) is 119 Å². The Kier molecular flexibility index (Phi) is 18.0. The van der Waals surface area contributed by atoms with Gasteiger partial charge >= 0.3 is 10.2 Å². The van der Waals surface area contributed by atoms with E-state index in [4.69, 9.17) is 0 Å². The fraction of sp³-hybridized carbons (Fsp3) is 0.475. The second-order valence-corrected chi connectivity index (χ2v) is 26.5. The minimum absolute atomic E-state index is 0.00601. The number of alkyl halides is 1. The average molecular weight is 1190 g/mol. The SMILES string of the molecule is CC[C@@H]1CN(c2ccc(-c3cnc4[nH]cc(C(=O)c5c(F)ccc(NS(=O)(=O)N6CC[C@@H](F)C6)c5F)c4c3)cc2)CCN1CC1CCN(CC(=O)N[C@H](C(=O)N2C[C@H](O)C[C@H]2C(=O)N[C@@H](C)c2ccc(-c3scnc3C)cc2)C(C)(C)C)CC1. The van der Waals surface area contributed by atoms with Crippen molar-refractivity contribution in [2.24, 2.45) is 11.3 Å². The molecule has 84 heavy (non-hydrogen) atoms. The Hall–Kier alpha value is -6.76. The number of nitrogens with zero attached hydrogens (tertiary/aromatic N) is 7. The van der Waals surface area contributed by atoms with E-state index in [0.29, 0.717) is 28.6 Å². The highest BCUT2D eigenvalue weighted by Gasteiger charge is 2.45. The Balaban J connectivity index is 0.701. The number of anilines is 2. The lowest BCUT2D eigenvalue weighted by Gasteiger charge is -2.44. The molecular formula is C61H74F3N11O7S2. The summed E-state index contributed by atoms with van der Waals surface area (Å²) >= 11 is 1.57. The first kappa shape index (κ1) is 60.4. The molecule has 0 aliphatic carbocycles. The zero-order valence-electron chi connectivity index (χ0n) is 48.2. The molecule has 6 atom stereocenters. The maximum Gasteiger partial charge on any atom is 0.301 e. The first-order chi connectivity index (χ1) is 40.0. The highest BCUT2D eigenvalue weighted by molar-refractivity contribution is 7.90. The van der Waals surface area contributed by atoms with Crippen molar-refractivity contribution < 1.29 is 45.9 Å². The maximum atomic E-state index is 15.9. The van der Waals surface area contributed by atoms with Gasteiger partial charge in [-0.25, -0.2) is 23.1 Å². The number of fused-ring (bicyclic) bond motifs is 1. The number of aliphatic hydroxyl groups is 1. The molecule has 6 aromatic rings. The van der Waals surface area contributed by atoms with Gasteiger partial charge in [-0.3, -0.25) is 33.7 Å². The molecule has 0 spiro atoms. The van der Waals surface area contributed by atoms with Gasteiger partial charge in [0.2, 0.25) is 23.5 Å². The van der Waals surface area contributed by atoms with Crippen LogP contribution in [0.5, 0.6) is 0 Å². The summed E-state index contributed by atoms with van der Waals surface area (Å²) in [5, 5.41) is 17.2. The number of aromatic amines is 1. The zero-order chi connectivity index (χ0) is 59.8. The number of hydrogen-bond donors (Lipinski definition) is 5. The van der Waals surface area contributed by atoms with Crippen molar-refractivity contribution in [1.82, 2.24) is 44.6 Å². The standard InChI is InChI=1S/C61H74F3N11O7S2/c1-7-44-32-73(45-14-12-40(13-15-45)42-26-47-48(29-66-58(47)65-28-42)55(78)53-49(63)16-17-50(54(53)64)70-84(81,82)74-23-20-43(62)31-74)25-24-72(44)30-38-18-21-71(22-19-38)34-52(77)69-57(61(4,5)6)60(80)75-33-46(76)27-51(75)59(79)68-36(2)39-8-10-41(11-9-39)56-37(3)67-35-83-56/h8-17,26,28-29,35-36,38,43-44,46,51,57,70,76H,7,18-25,27,30-34H2,1-6H3,(H,65,66)(H,68,79)(H,69,77)/t36-,43+,44+,46+,51-,57+/m0/s1. The Morgan fingerprint density at radius 1 is 0.881 bits per heavy atom. The third-order valence-corrected chi connectivity index (χ3v) is 19.5. The Morgan fingerprint density at radius 3 is 2.27 bits per heavy atom. The van der Waals surface area contributed by atoms with Gasteiger partial charge < -0.3 is 30.5 Å². The molecule has 7 heterocycles. The quantitative estimate of drug-likeness (QED) is 0.0520. The second-order valence-electron chi connectivity index (χ2n) is 23.9. The molecular weight excluding hydrogens is 1120 g/mol. The van der Waals surface area contributed by atoms with Gasteiger partial charge in [0.25, 0.3) is 0 Å². The van der Waals surface area contributed by atoms with Crippen LogP contribution in [0, 0.1) is 29.9 Å². The predicted molar refractivity (Wildman–Crippen MR) is 318 cm³/mol. The molecule has 3 aromatic heterocycles. The number of β-amino-alcohol motifs (C(OH)–C–C–N with tert-alkyl or cyclic N) is 1. The summed E-state index contributed by atoms with van der Waals surface area (Å²) in [6.07, 6.45) is 3.63. The molecule has 0 bridgehead atoms. The number of carbonyl (C=O) groups excluding carboxylic acids is 4. The van der Waals surface area contributed by atoms with Gasteiger partial charge in [0.15, 0.2) is 5.82 Å². The molecule has 4 fully saturated rings. The van der Waals surface area contributed by atoms with E-state index in [9.17, 15) is 37.1 Å². The van der Waals surface area contributed by atoms with Gasteiger partial charge in [-0.15, -0.1) is 11.3 Å². The normalized spacial score (nSPS) is 21.2.